The van der Waals surface area contributed by atoms with Crippen molar-refractivity contribution < 1.29 is 17.6 Å². The minimum Gasteiger partial charge on any atom is -0.497 e. The Bertz CT molecular complexity index is 1210. The summed E-state index contributed by atoms with van der Waals surface area (Å²) in [6.07, 6.45) is 2.68. The van der Waals surface area contributed by atoms with Crippen LogP contribution in [0.5, 0.6) is 5.75 Å². The molecule has 27 heavy (non-hydrogen) atoms. The number of hydrogen-bond acceptors (Lipinski definition) is 6. The second kappa shape index (κ2) is 6.55. The maximum atomic E-state index is 12.2. The largest absolute Gasteiger partial charge is 0.497 e. The van der Waals surface area contributed by atoms with Gasteiger partial charge in [0.2, 0.25) is 20.9 Å². The van der Waals surface area contributed by atoms with Crippen LogP contribution in [0.1, 0.15) is 5.69 Å². The summed E-state index contributed by atoms with van der Waals surface area (Å²) >= 11 is 0. The predicted molar refractivity (Wildman–Crippen MR) is 100 cm³/mol. The Morgan fingerprint density at radius 2 is 1.81 bits per heavy atom. The van der Waals surface area contributed by atoms with E-state index in [0.717, 1.165) is 23.1 Å². The second-order valence-electron chi connectivity index (χ2n) is 6.11. The standard InChI is InChI=1S/C19H17N3O4S/c1-25-15-9-7-13(8-10-15)18-20-14(12-26-18)11-22-17-6-4-3-5-16(17)21-19(22)27(2,23)24/h3-10,12H,11H2,1-2H3. The van der Waals surface area contributed by atoms with E-state index in [4.69, 9.17) is 9.15 Å². The van der Waals surface area contributed by atoms with E-state index in [1.54, 1.807) is 17.7 Å². The zero-order chi connectivity index (χ0) is 19.0. The van der Waals surface area contributed by atoms with E-state index in [9.17, 15) is 8.42 Å². The average Bonchev–Trinajstić information content (AvgIpc) is 3.27. The highest BCUT2D eigenvalue weighted by molar-refractivity contribution is 7.90. The molecule has 4 rings (SSSR count). The number of sulfone groups is 1. The van der Waals surface area contributed by atoms with Crippen molar-refractivity contribution >= 4 is 20.9 Å². The van der Waals surface area contributed by atoms with Gasteiger partial charge in [-0.1, -0.05) is 12.1 Å². The number of imidazole rings is 1. The van der Waals surface area contributed by atoms with E-state index in [2.05, 4.69) is 9.97 Å². The molecule has 4 aromatic rings. The molecule has 0 saturated heterocycles. The van der Waals surface area contributed by atoms with Gasteiger partial charge in [0.15, 0.2) is 0 Å². The van der Waals surface area contributed by atoms with E-state index >= 15 is 0 Å². The number of fused-ring (bicyclic) bond motifs is 1. The first-order chi connectivity index (χ1) is 13.0. The molecule has 0 unspecified atom stereocenters. The van der Waals surface area contributed by atoms with Crippen LogP contribution in [0.25, 0.3) is 22.5 Å². The van der Waals surface area contributed by atoms with Crippen molar-refractivity contribution in [3.8, 4) is 17.2 Å². The number of aromatic nitrogens is 3. The van der Waals surface area contributed by atoms with Gasteiger partial charge in [-0.25, -0.2) is 18.4 Å². The summed E-state index contributed by atoms with van der Waals surface area (Å²) in [7, 11) is -1.88. The number of hydrogen-bond donors (Lipinski definition) is 0. The second-order valence-corrected chi connectivity index (χ2v) is 8.02. The fourth-order valence-electron chi connectivity index (χ4n) is 2.90. The molecule has 2 aromatic carbocycles. The third kappa shape index (κ3) is 3.31. The Kier molecular flexibility index (Phi) is 4.19. The minimum absolute atomic E-state index is 0.0118. The minimum atomic E-state index is -3.49. The molecule has 0 N–H and O–H groups in total. The summed E-state index contributed by atoms with van der Waals surface area (Å²) in [4.78, 5) is 8.76. The van der Waals surface area contributed by atoms with Crippen molar-refractivity contribution in [2.45, 2.75) is 11.7 Å². The maximum Gasteiger partial charge on any atom is 0.228 e. The molecule has 2 aromatic heterocycles. The van der Waals surface area contributed by atoms with Crippen LogP contribution in [-0.4, -0.2) is 36.3 Å². The summed E-state index contributed by atoms with van der Waals surface area (Å²) in [5.74, 6) is 1.20. The molecule has 8 heteroatoms. The van der Waals surface area contributed by atoms with Crippen molar-refractivity contribution in [1.82, 2.24) is 14.5 Å². The lowest BCUT2D eigenvalue weighted by atomic mass is 10.2. The molecule has 7 nitrogen and oxygen atoms in total. The first-order valence-electron chi connectivity index (χ1n) is 8.20. The van der Waals surface area contributed by atoms with Gasteiger partial charge in [0.1, 0.15) is 12.0 Å². The van der Waals surface area contributed by atoms with E-state index in [0.29, 0.717) is 17.1 Å². The predicted octanol–water partition coefficient (Wildman–Crippen LogP) is 3.15. The van der Waals surface area contributed by atoms with Crippen LogP contribution in [-0.2, 0) is 16.4 Å². The highest BCUT2D eigenvalue weighted by Crippen LogP contribution is 2.24. The molecule has 0 amide bonds. The zero-order valence-electron chi connectivity index (χ0n) is 14.8. The van der Waals surface area contributed by atoms with E-state index < -0.39 is 9.84 Å². The third-order valence-corrected chi connectivity index (χ3v) is 5.13. The highest BCUT2D eigenvalue weighted by atomic mass is 32.2. The van der Waals surface area contributed by atoms with Crippen molar-refractivity contribution in [3.63, 3.8) is 0 Å². The molecule has 0 saturated carbocycles. The van der Waals surface area contributed by atoms with Gasteiger partial charge in [0, 0.05) is 11.8 Å². The highest BCUT2D eigenvalue weighted by Gasteiger charge is 2.20. The number of methoxy groups -OCH3 is 1. The smallest absolute Gasteiger partial charge is 0.228 e. The van der Waals surface area contributed by atoms with Crippen LogP contribution in [0.2, 0.25) is 0 Å². The van der Waals surface area contributed by atoms with Gasteiger partial charge in [-0.3, -0.25) is 0 Å². The summed E-state index contributed by atoms with van der Waals surface area (Å²) < 4.78 is 36.7. The lowest BCUT2D eigenvalue weighted by molar-refractivity contribution is 0.415. The number of ether oxygens (including phenoxy) is 1. The molecular weight excluding hydrogens is 366 g/mol. The molecule has 0 aliphatic heterocycles. The summed E-state index contributed by atoms with van der Waals surface area (Å²) in [5, 5.41) is 0.0118. The quantitative estimate of drug-likeness (QED) is 0.526. The molecule has 138 valence electrons. The number of para-hydroxylation sites is 2. The SMILES string of the molecule is COc1ccc(-c2nc(Cn3c(S(C)(=O)=O)nc4ccccc43)co2)cc1. The van der Waals surface area contributed by atoms with Gasteiger partial charge in [-0.05, 0) is 36.4 Å². The molecule has 0 aliphatic rings. The van der Waals surface area contributed by atoms with Gasteiger partial charge >= 0.3 is 0 Å². The van der Waals surface area contributed by atoms with E-state index in [1.165, 1.54) is 6.26 Å². The van der Waals surface area contributed by atoms with E-state index in [-0.39, 0.29) is 11.7 Å². The molecule has 0 bridgehead atoms. The molecule has 0 radical (unpaired) electrons. The molecule has 0 fully saturated rings. The molecule has 0 spiro atoms. The van der Waals surface area contributed by atoms with Crippen LogP contribution >= 0.6 is 0 Å². The fraction of sp³-hybridized carbons (Fsp3) is 0.158. The summed E-state index contributed by atoms with van der Waals surface area (Å²) in [5.41, 5.74) is 2.76. The van der Waals surface area contributed by atoms with E-state index in [1.807, 2.05) is 42.5 Å². The lowest BCUT2D eigenvalue weighted by Gasteiger charge is -2.05. The summed E-state index contributed by atoms with van der Waals surface area (Å²) in [6.45, 7) is 0.239. The van der Waals surface area contributed by atoms with Crippen LogP contribution in [0, 0.1) is 0 Å². The number of rotatable bonds is 5. The van der Waals surface area contributed by atoms with Crippen LogP contribution in [0.15, 0.2) is 64.4 Å². The Labute approximate surface area is 156 Å². The molecule has 2 heterocycles. The van der Waals surface area contributed by atoms with Crippen LogP contribution in [0.4, 0.5) is 0 Å². The van der Waals surface area contributed by atoms with Gasteiger partial charge in [0.05, 0.1) is 30.4 Å². The number of nitrogens with zero attached hydrogens (tertiary/aromatic N) is 3. The molecule has 0 aliphatic carbocycles. The zero-order valence-corrected chi connectivity index (χ0v) is 15.6. The van der Waals surface area contributed by atoms with Crippen molar-refractivity contribution in [2.24, 2.45) is 0 Å². The molecule has 0 atom stereocenters. The Hall–Kier alpha value is -3.13. The van der Waals surface area contributed by atoms with Gasteiger partial charge in [-0.2, -0.15) is 0 Å². The first-order valence-corrected chi connectivity index (χ1v) is 10.1. The number of benzene rings is 2. The van der Waals surface area contributed by atoms with Gasteiger partial charge in [-0.15, -0.1) is 0 Å². The Balaban J connectivity index is 1.72. The normalized spacial score (nSPS) is 11.8. The fourth-order valence-corrected chi connectivity index (χ4v) is 3.72. The topological polar surface area (TPSA) is 87.2 Å². The number of oxazole rings is 1. The van der Waals surface area contributed by atoms with Gasteiger partial charge in [0.25, 0.3) is 0 Å². The molecular formula is C19H17N3O4S. The van der Waals surface area contributed by atoms with Crippen molar-refractivity contribution in [1.29, 1.82) is 0 Å². The third-order valence-electron chi connectivity index (χ3n) is 4.16. The maximum absolute atomic E-state index is 12.2. The Morgan fingerprint density at radius 1 is 1.07 bits per heavy atom. The lowest BCUT2D eigenvalue weighted by Crippen LogP contribution is -2.10. The average molecular weight is 383 g/mol. The first kappa shape index (κ1) is 17.3. The Morgan fingerprint density at radius 3 is 2.52 bits per heavy atom. The summed E-state index contributed by atoms with van der Waals surface area (Å²) in [6, 6.07) is 14.6. The van der Waals surface area contributed by atoms with Crippen LogP contribution in [0.3, 0.4) is 0 Å². The van der Waals surface area contributed by atoms with Crippen LogP contribution < -0.4 is 4.74 Å². The monoisotopic (exact) mass is 383 g/mol. The van der Waals surface area contributed by atoms with Crippen molar-refractivity contribution in [3.05, 3.63) is 60.5 Å². The van der Waals surface area contributed by atoms with Crippen molar-refractivity contribution in [2.75, 3.05) is 13.4 Å². The van der Waals surface area contributed by atoms with Gasteiger partial charge < -0.3 is 13.7 Å².